The summed E-state index contributed by atoms with van der Waals surface area (Å²) in [6.07, 6.45) is 5.86. The molecule has 5 heteroatoms. The van der Waals surface area contributed by atoms with Crippen molar-refractivity contribution >= 4 is 6.03 Å². The number of nitrogens with zero attached hydrogens (tertiary/aromatic N) is 3. The van der Waals surface area contributed by atoms with Crippen molar-refractivity contribution in [2.75, 3.05) is 33.2 Å². The SMILES string of the molecule is CN(CCc1ccccn1)C1CCCN(C(=O)NCCc2ccccc2)C1. The number of nitrogens with one attached hydrogen (secondary N) is 1. The summed E-state index contributed by atoms with van der Waals surface area (Å²) in [5.74, 6) is 0. The quantitative estimate of drug-likeness (QED) is 0.820. The fourth-order valence-corrected chi connectivity index (χ4v) is 3.59. The maximum absolute atomic E-state index is 12.5. The lowest BCUT2D eigenvalue weighted by Gasteiger charge is -2.37. The number of aromatic nitrogens is 1. The molecular weight excluding hydrogens is 336 g/mol. The topological polar surface area (TPSA) is 48.5 Å². The Morgan fingerprint density at radius 1 is 1.19 bits per heavy atom. The van der Waals surface area contributed by atoms with Crippen LogP contribution in [-0.4, -0.2) is 60.1 Å². The van der Waals surface area contributed by atoms with Crippen LogP contribution in [0.15, 0.2) is 54.7 Å². The Hall–Kier alpha value is -2.40. The highest BCUT2D eigenvalue weighted by atomic mass is 16.2. The summed E-state index contributed by atoms with van der Waals surface area (Å²) in [4.78, 5) is 21.3. The molecule has 1 atom stereocenters. The highest BCUT2D eigenvalue weighted by Crippen LogP contribution is 2.15. The Balaban J connectivity index is 1.41. The van der Waals surface area contributed by atoms with Crippen molar-refractivity contribution in [3.05, 3.63) is 66.0 Å². The van der Waals surface area contributed by atoms with Crippen molar-refractivity contribution in [2.45, 2.75) is 31.7 Å². The number of piperidine rings is 1. The molecule has 1 unspecified atom stereocenters. The molecule has 1 aliphatic heterocycles. The summed E-state index contributed by atoms with van der Waals surface area (Å²) >= 11 is 0. The minimum absolute atomic E-state index is 0.0637. The number of rotatable bonds is 7. The van der Waals surface area contributed by atoms with E-state index in [1.807, 2.05) is 41.4 Å². The van der Waals surface area contributed by atoms with Gasteiger partial charge >= 0.3 is 6.03 Å². The molecule has 5 nitrogen and oxygen atoms in total. The Bertz CT molecular complexity index is 692. The lowest BCUT2D eigenvalue weighted by atomic mass is 10.0. The van der Waals surface area contributed by atoms with E-state index in [0.717, 1.165) is 51.0 Å². The molecule has 1 aliphatic rings. The van der Waals surface area contributed by atoms with Gasteiger partial charge in [0.2, 0.25) is 0 Å². The number of urea groups is 1. The molecule has 144 valence electrons. The minimum atomic E-state index is 0.0637. The van der Waals surface area contributed by atoms with E-state index in [-0.39, 0.29) is 6.03 Å². The van der Waals surface area contributed by atoms with E-state index in [1.165, 1.54) is 5.56 Å². The highest BCUT2D eigenvalue weighted by Gasteiger charge is 2.25. The number of likely N-dealkylation sites (tertiary alicyclic amines) is 1. The molecule has 1 fully saturated rings. The Morgan fingerprint density at radius 3 is 2.78 bits per heavy atom. The molecule has 0 saturated carbocycles. The average molecular weight is 367 g/mol. The summed E-state index contributed by atoms with van der Waals surface area (Å²) in [6, 6.07) is 16.8. The highest BCUT2D eigenvalue weighted by molar-refractivity contribution is 5.74. The van der Waals surface area contributed by atoms with Gasteiger partial charge in [-0.15, -0.1) is 0 Å². The second-order valence-electron chi connectivity index (χ2n) is 7.26. The third-order valence-corrected chi connectivity index (χ3v) is 5.29. The largest absolute Gasteiger partial charge is 0.338 e. The molecule has 0 bridgehead atoms. The van der Waals surface area contributed by atoms with E-state index in [1.54, 1.807) is 0 Å². The van der Waals surface area contributed by atoms with Crippen molar-refractivity contribution in [1.29, 1.82) is 0 Å². The number of likely N-dealkylation sites (N-methyl/N-ethyl adjacent to an activating group) is 1. The molecule has 1 N–H and O–H groups in total. The van der Waals surface area contributed by atoms with Crippen LogP contribution in [-0.2, 0) is 12.8 Å². The van der Waals surface area contributed by atoms with E-state index >= 15 is 0 Å². The van der Waals surface area contributed by atoms with Crippen molar-refractivity contribution in [2.24, 2.45) is 0 Å². The van der Waals surface area contributed by atoms with Gasteiger partial charge in [0.25, 0.3) is 0 Å². The number of hydrogen-bond donors (Lipinski definition) is 1. The zero-order valence-corrected chi connectivity index (χ0v) is 16.2. The van der Waals surface area contributed by atoms with Crippen LogP contribution in [0.3, 0.4) is 0 Å². The first kappa shape index (κ1) is 19.4. The van der Waals surface area contributed by atoms with Gasteiger partial charge in [0.05, 0.1) is 0 Å². The molecule has 27 heavy (non-hydrogen) atoms. The van der Waals surface area contributed by atoms with Gasteiger partial charge < -0.3 is 15.1 Å². The van der Waals surface area contributed by atoms with Crippen LogP contribution in [0, 0.1) is 0 Å². The fraction of sp³-hybridized carbons (Fsp3) is 0.455. The molecular formula is C22H30N4O. The van der Waals surface area contributed by atoms with Crippen LogP contribution < -0.4 is 5.32 Å². The van der Waals surface area contributed by atoms with Gasteiger partial charge in [-0.2, -0.15) is 0 Å². The van der Waals surface area contributed by atoms with Gasteiger partial charge in [0.1, 0.15) is 0 Å². The second kappa shape index (κ2) is 10.1. The lowest BCUT2D eigenvalue weighted by Crippen LogP contribution is -2.52. The number of amides is 2. The molecule has 1 saturated heterocycles. The number of carbonyl (C=O) groups excluding carboxylic acids is 1. The molecule has 2 heterocycles. The summed E-state index contributed by atoms with van der Waals surface area (Å²) in [5.41, 5.74) is 2.37. The third-order valence-electron chi connectivity index (χ3n) is 5.29. The molecule has 2 aromatic rings. The van der Waals surface area contributed by atoms with E-state index in [9.17, 15) is 4.79 Å². The van der Waals surface area contributed by atoms with Crippen LogP contribution in [0.1, 0.15) is 24.1 Å². The first-order valence-electron chi connectivity index (χ1n) is 9.89. The van der Waals surface area contributed by atoms with E-state index < -0.39 is 0 Å². The summed E-state index contributed by atoms with van der Waals surface area (Å²) in [6.45, 7) is 3.29. The van der Waals surface area contributed by atoms with Crippen LogP contribution in [0.4, 0.5) is 4.79 Å². The molecule has 3 rings (SSSR count). The van der Waals surface area contributed by atoms with Gasteiger partial charge in [0, 0.05) is 50.5 Å². The Morgan fingerprint density at radius 2 is 2.00 bits per heavy atom. The van der Waals surface area contributed by atoms with Gasteiger partial charge in [-0.05, 0) is 44.0 Å². The average Bonchev–Trinajstić information content (AvgIpc) is 2.73. The first-order valence-corrected chi connectivity index (χ1v) is 9.89. The normalized spacial score (nSPS) is 17.1. The van der Waals surface area contributed by atoms with E-state index in [2.05, 4.69) is 40.4 Å². The summed E-state index contributed by atoms with van der Waals surface area (Å²) < 4.78 is 0. The van der Waals surface area contributed by atoms with Crippen molar-refractivity contribution < 1.29 is 4.79 Å². The molecule has 0 spiro atoms. The number of pyridine rings is 1. The van der Waals surface area contributed by atoms with Gasteiger partial charge in [-0.25, -0.2) is 4.79 Å². The monoisotopic (exact) mass is 366 g/mol. The van der Waals surface area contributed by atoms with Gasteiger partial charge in [-0.3, -0.25) is 4.98 Å². The third kappa shape index (κ3) is 6.07. The molecule has 2 amide bonds. The van der Waals surface area contributed by atoms with Crippen LogP contribution in [0.2, 0.25) is 0 Å². The van der Waals surface area contributed by atoms with Gasteiger partial charge in [-0.1, -0.05) is 36.4 Å². The van der Waals surface area contributed by atoms with Crippen LogP contribution >= 0.6 is 0 Å². The maximum Gasteiger partial charge on any atom is 0.317 e. The first-order chi connectivity index (χ1) is 13.2. The zero-order valence-electron chi connectivity index (χ0n) is 16.2. The zero-order chi connectivity index (χ0) is 18.9. The van der Waals surface area contributed by atoms with Crippen LogP contribution in [0.25, 0.3) is 0 Å². The minimum Gasteiger partial charge on any atom is -0.338 e. The number of benzene rings is 1. The van der Waals surface area contributed by atoms with E-state index in [0.29, 0.717) is 12.6 Å². The smallest absolute Gasteiger partial charge is 0.317 e. The Kier molecular flexibility index (Phi) is 7.22. The summed E-state index contributed by atoms with van der Waals surface area (Å²) in [7, 11) is 2.16. The number of carbonyl (C=O) groups is 1. The number of hydrogen-bond acceptors (Lipinski definition) is 3. The maximum atomic E-state index is 12.5. The fourth-order valence-electron chi connectivity index (χ4n) is 3.59. The standard InChI is InChI=1S/C22H30N4O/c1-25(17-13-20-10-5-6-14-23-20)21-11-7-16-26(18-21)22(27)24-15-12-19-8-3-2-4-9-19/h2-6,8-10,14,21H,7,11-13,15-18H2,1H3,(H,24,27). The predicted molar refractivity (Wildman–Crippen MR) is 109 cm³/mol. The summed E-state index contributed by atoms with van der Waals surface area (Å²) in [5, 5.41) is 3.08. The molecule has 0 radical (unpaired) electrons. The second-order valence-corrected chi connectivity index (χ2v) is 7.26. The molecule has 0 aliphatic carbocycles. The van der Waals surface area contributed by atoms with Crippen molar-refractivity contribution in [3.63, 3.8) is 0 Å². The van der Waals surface area contributed by atoms with Crippen molar-refractivity contribution in [1.82, 2.24) is 20.1 Å². The Labute approximate surface area is 162 Å². The van der Waals surface area contributed by atoms with Gasteiger partial charge in [0.15, 0.2) is 0 Å². The van der Waals surface area contributed by atoms with Crippen molar-refractivity contribution in [3.8, 4) is 0 Å². The molecule has 1 aromatic heterocycles. The van der Waals surface area contributed by atoms with Crippen LogP contribution in [0.5, 0.6) is 0 Å². The van der Waals surface area contributed by atoms with E-state index in [4.69, 9.17) is 0 Å². The molecule has 1 aromatic carbocycles. The lowest BCUT2D eigenvalue weighted by molar-refractivity contribution is 0.126. The predicted octanol–water partition coefficient (Wildman–Crippen LogP) is 2.97.